The Balaban J connectivity index is 1.61. The van der Waals surface area contributed by atoms with Crippen LogP contribution >= 0.6 is 11.3 Å². The second-order valence-corrected chi connectivity index (χ2v) is 6.52. The molecule has 2 aromatic heterocycles. The van der Waals surface area contributed by atoms with E-state index in [2.05, 4.69) is 26.5 Å². The normalized spacial score (nSPS) is 23.5. The minimum atomic E-state index is 0.571. The van der Waals surface area contributed by atoms with Gasteiger partial charge in [0.1, 0.15) is 0 Å². The lowest BCUT2D eigenvalue weighted by atomic mass is 9.96. The fourth-order valence-corrected chi connectivity index (χ4v) is 4.03. The van der Waals surface area contributed by atoms with Crippen molar-refractivity contribution in [1.29, 1.82) is 0 Å². The molecule has 1 aliphatic heterocycles. The van der Waals surface area contributed by atoms with E-state index in [4.69, 9.17) is 4.42 Å². The van der Waals surface area contributed by atoms with Gasteiger partial charge in [0.2, 0.25) is 11.8 Å². The predicted octanol–water partition coefficient (Wildman–Crippen LogP) is 2.95. The lowest BCUT2D eigenvalue weighted by Gasteiger charge is -2.35. The molecule has 0 aromatic carbocycles. The SMILES string of the molecule is Cc1nnc(CN2CCc3sccc3C2C2CC2)o1. The van der Waals surface area contributed by atoms with E-state index >= 15 is 0 Å². The van der Waals surface area contributed by atoms with E-state index in [9.17, 15) is 0 Å². The van der Waals surface area contributed by atoms with Crippen molar-refractivity contribution in [2.24, 2.45) is 5.92 Å². The fraction of sp³-hybridized carbons (Fsp3) is 0.571. The van der Waals surface area contributed by atoms with Crippen molar-refractivity contribution >= 4 is 11.3 Å². The van der Waals surface area contributed by atoms with Crippen LogP contribution in [0.5, 0.6) is 0 Å². The first-order valence-electron chi connectivity index (χ1n) is 6.90. The number of aryl methyl sites for hydroxylation is 1. The molecule has 0 radical (unpaired) electrons. The number of nitrogens with zero attached hydrogens (tertiary/aromatic N) is 3. The van der Waals surface area contributed by atoms with Gasteiger partial charge in [0.15, 0.2) is 0 Å². The molecule has 0 bridgehead atoms. The van der Waals surface area contributed by atoms with Crippen molar-refractivity contribution in [2.45, 2.75) is 38.8 Å². The van der Waals surface area contributed by atoms with Gasteiger partial charge in [-0.1, -0.05) is 0 Å². The van der Waals surface area contributed by atoms with Gasteiger partial charge in [-0.3, -0.25) is 4.90 Å². The molecule has 100 valence electrons. The molecule has 1 aliphatic carbocycles. The third kappa shape index (κ3) is 2.11. The van der Waals surface area contributed by atoms with Crippen molar-refractivity contribution < 1.29 is 4.42 Å². The van der Waals surface area contributed by atoms with Gasteiger partial charge in [-0.2, -0.15) is 0 Å². The van der Waals surface area contributed by atoms with Crippen LogP contribution in [0, 0.1) is 12.8 Å². The molecule has 0 amide bonds. The van der Waals surface area contributed by atoms with E-state index in [0.717, 1.165) is 31.3 Å². The zero-order chi connectivity index (χ0) is 12.8. The van der Waals surface area contributed by atoms with E-state index in [1.165, 1.54) is 12.8 Å². The standard InChI is InChI=1S/C14H17N3OS/c1-9-15-16-13(18-9)8-17-6-4-12-11(5-7-19-12)14(17)10-2-3-10/h5,7,10,14H,2-4,6,8H2,1H3. The van der Waals surface area contributed by atoms with Crippen molar-refractivity contribution in [3.05, 3.63) is 33.7 Å². The van der Waals surface area contributed by atoms with Crippen LogP contribution in [0.4, 0.5) is 0 Å². The van der Waals surface area contributed by atoms with Crippen molar-refractivity contribution in [3.63, 3.8) is 0 Å². The largest absolute Gasteiger partial charge is 0.424 e. The van der Waals surface area contributed by atoms with Crippen LogP contribution in [-0.2, 0) is 13.0 Å². The van der Waals surface area contributed by atoms with Crippen LogP contribution < -0.4 is 0 Å². The molecular weight excluding hydrogens is 258 g/mol. The van der Waals surface area contributed by atoms with E-state index in [0.29, 0.717) is 11.9 Å². The average molecular weight is 275 g/mol. The Morgan fingerprint density at radius 1 is 1.42 bits per heavy atom. The first-order chi connectivity index (χ1) is 9.31. The van der Waals surface area contributed by atoms with Crippen LogP contribution in [0.25, 0.3) is 0 Å². The molecular formula is C14H17N3OS. The molecule has 1 atom stereocenters. The van der Waals surface area contributed by atoms with Crippen molar-refractivity contribution in [2.75, 3.05) is 6.54 Å². The summed E-state index contributed by atoms with van der Waals surface area (Å²) in [5.41, 5.74) is 1.55. The molecule has 0 saturated heterocycles. The maximum atomic E-state index is 5.54. The van der Waals surface area contributed by atoms with Gasteiger partial charge in [-0.15, -0.1) is 21.5 Å². The number of hydrogen-bond donors (Lipinski definition) is 0. The Hall–Kier alpha value is -1.20. The Morgan fingerprint density at radius 3 is 3.05 bits per heavy atom. The highest BCUT2D eigenvalue weighted by Gasteiger charge is 2.40. The summed E-state index contributed by atoms with van der Waals surface area (Å²) in [5, 5.41) is 10.3. The van der Waals surface area contributed by atoms with Crippen LogP contribution in [-0.4, -0.2) is 21.6 Å². The second kappa shape index (κ2) is 4.42. The van der Waals surface area contributed by atoms with Gasteiger partial charge in [-0.05, 0) is 42.2 Å². The van der Waals surface area contributed by atoms with Gasteiger partial charge in [0, 0.05) is 24.4 Å². The lowest BCUT2D eigenvalue weighted by Crippen LogP contribution is -2.35. The highest BCUT2D eigenvalue weighted by Crippen LogP contribution is 2.48. The topological polar surface area (TPSA) is 42.2 Å². The van der Waals surface area contributed by atoms with Crippen molar-refractivity contribution in [3.8, 4) is 0 Å². The predicted molar refractivity (Wildman–Crippen MR) is 72.9 cm³/mol. The molecule has 1 unspecified atom stereocenters. The summed E-state index contributed by atoms with van der Waals surface area (Å²) in [5.74, 6) is 2.24. The zero-order valence-electron chi connectivity index (χ0n) is 11.0. The zero-order valence-corrected chi connectivity index (χ0v) is 11.8. The fourth-order valence-electron chi connectivity index (χ4n) is 3.11. The maximum absolute atomic E-state index is 5.54. The molecule has 3 heterocycles. The first-order valence-corrected chi connectivity index (χ1v) is 7.78. The quantitative estimate of drug-likeness (QED) is 0.863. The monoisotopic (exact) mass is 275 g/mol. The number of hydrogen-bond acceptors (Lipinski definition) is 5. The van der Waals surface area contributed by atoms with Gasteiger partial charge in [0.25, 0.3) is 0 Å². The number of fused-ring (bicyclic) bond motifs is 1. The molecule has 2 aromatic rings. The van der Waals surface area contributed by atoms with Crippen LogP contribution in [0.3, 0.4) is 0 Å². The molecule has 19 heavy (non-hydrogen) atoms. The van der Waals surface area contributed by atoms with Crippen molar-refractivity contribution in [1.82, 2.24) is 15.1 Å². The Bertz CT molecular complexity index is 587. The smallest absolute Gasteiger partial charge is 0.230 e. The van der Waals surface area contributed by atoms with Crippen LogP contribution in [0.1, 0.15) is 41.1 Å². The molecule has 4 rings (SSSR count). The number of thiophene rings is 1. The van der Waals surface area contributed by atoms with Gasteiger partial charge in [0.05, 0.1) is 6.54 Å². The van der Waals surface area contributed by atoms with Crippen LogP contribution in [0.15, 0.2) is 15.9 Å². The van der Waals surface area contributed by atoms with Gasteiger partial charge >= 0.3 is 0 Å². The molecule has 1 fully saturated rings. The summed E-state index contributed by atoms with van der Waals surface area (Å²) in [6, 6.07) is 2.89. The third-order valence-electron chi connectivity index (χ3n) is 4.09. The van der Waals surface area contributed by atoms with E-state index in [1.54, 1.807) is 10.4 Å². The summed E-state index contributed by atoms with van der Waals surface area (Å²) < 4.78 is 5.54. The molecule has 1 saturated carbocycles. The summed E-state index contributed by atoms with van der Waals surface area (Å²) >= 11 is 1.91. The number of aromatic nitrogens is 2. The van der Waals surface area contributed by atoms with Gasteiger partial charge < -0.3 is 4.42 Å². The third-order valence-corrected chi connectivity index (χ3v) is 5.09. The Kier molecular flexibility index (Phi) is 2.70. The summed E-state index contributed by atoms with van der Waals surface area (Å²) in [7, 11) is 0. The first kappa shape index (κ1) is 11.6. The minimum Gasteiger partial charge on any atom is -0.424 e. The van der Waals surface area contributed by atoms with E-state index in [-0.39, 0.29) is 0 Å². The highest BCUT2D eigenvalue weighted by atomic mass is 32.1. The highest BCUT2D eigenvalue weighted by molar-refractivity contribution is 7.10. The second-order valence-electron chi connectivity index (χ2n) is 5.52. The summed E-state index contributed by atoms with van der Waals surface area (Å²) in [4.78, 5) is 4.11. The molecule has 0 N–H and O–H groups in total. The summed E-state index contributed by atoms with van der Waals surface area (Å²) in [6.45, 7) is 3.75. The Labute approximate surface area is 116 Å². The molecule has 2 aliphatic rings. The lowest BCUT2D eigenvalue weighted by molar-refractivity contribution is 0.143. The number of rotatable bonds is 3. The average Bonchev–Trinajstić information content (AvgIpc) is 2.97. The molecule has 4 nitrogen and oxygen atoms in total. The van der Waals surface area contributed by atoms with E-state index < -0.39 is 0 Å². The van der Waals surface area contributed by atoms with E-state index in [1.807, 2.05) is 18.3 Å². The summed E-state index contributed by atoms with van der Waals surface area (Å²) in [6.07, 6.45) is 3.88. The molecule has 0 spiro atoms. The minimum absolute atomic E-state index is 0.571. The van der Waals surface area contributed by atoms with Crippen LogP contribution in [0.2, 0.25) is 0 Å². The van der Waals surface area contributed by atoms with Gasteiger partial charge in [-0.25, -0.2) is 0 Å². The maximum Gasteiger partial charge on any atom is 0.230 e. The molecule has 5 heteroatoms. The Morgan fingerprint density at radius 2 is 2.32 bits per heavy atom.